The molecule has 2 aliphatic rings. The number of imide groups is 1. The lowest BCUT2D eigenvalue weighted by atomic mass is 10.1. The Morgan fingerprint density at radius 1 is 1.16 bits per heavy atom. The Hall–Kier alpha value is -2.32. The first-order valence-electron chi connectivity index (χ1n) is 8.66. The molecule has 136 valence electrons. The fourth-order valence-electron chi connectivity index (χ4n) is 3.34. The van der Waals surface area contributed by atoms with Gasteiger partial charge < -0.3 is 24.6 Å². The summed E-state index contributed by atoms with van der Waals surface area (Å²) in [5.41, 5.74) is 1.23. The van der Waals surface area contributed by atoms with E-state index in [1.165, 1.54) is 22.4 Å². The first-order chi connectivity index (χ1) is 12.1. The third kappa shape index (κ3) is 4.21. The summed E-state index contributed by atoms with van der Waals surface area (Å²) in [4.78, 5) is 26.0. The topological polar surface area (TPSA) is 85.5 Å². The number of carbonyl (C=O) groups excluding carboxylic acids is 2. The number of carbonyl (C=O) groups is 2. The molecule has 1 aromatic rings. The Morgan fingerprint density at radius 2 is 1.88 bits per heavy atom. The largest absolute Gasteiger partial charge is 0.454 e. The van der Waals surface area contributed by atoms with Crippen molar-refractivity contribution in [3.8, 4) is 11.5 Å². The number of urea groups is 1. The summed E-state index contributed by atoms with van der Waals surface area (Å²) in [6.07, 6.45) is 0. The molecule has 2 aliphatic heterocycles. The standard InChI is InChI=1S/C17H24N4O4/c1-12(16(22)19-17(23)18-2)21-7-5-20(6-8-21)10-13-3-4-14-15(9-13)25-11-24-14/h3-4,9,12H,5-8,10-11H2,1-2H3,(H2,18,19,22,23)/p+2/t12-/m1/s1. The molecule has 0 aromatic heterocycles. The van der Waals surface area contributed by atoms with Gasteiger partial charge in [0.2, 0.25) is 6.79 Å². The molecule has 0 saturated carbocycles. The lowest BCUT2D eigenvalue weighted by Gasteiger charge is -2.32. The number of rotatable bonds is 4. The van der Waals surface area contributed by atoms with E-state index in [0.717, 1.165) is 44.2 Å². The highest BCUT2D eigenvalue weighted by molar-refractivity contribution is 5.96. The van der Waals surface area contributed by atoms with Gasteiger partial charge in [0.1, 0.15) is 32.7 Å². The number of ether oxygens (including phenoxy) is 2. The summed E-state index contributed by atoms with van der Waals surface area (Å²) in [5.74, 6) is 1.40. The SMILES string of the molecule is CNC(=O)NC(=O)[C@@H](C)[NH+]1CC[NH+](Cc2ccc3c(c2)OCO3)CC1. The number of piperazine rings is 1. The smallest absolute Gasteiger partial charge is 0.321 e. The Kier molecular flexibility index (Phi) is 5.40. The average molecular weight is 350 g/mol. The van der Waals surface area contributed by atoms with Gasteiger partial charge in [-0.1, -0.05) is 0 Å². The molecule has 0 unspecified atom stereocenters. The van der Waals surface area contributed by atoms with Crippen molar-refractivity contribution in [2.75, 3.05) is 40.0 Å². The van der Waals surface area contributed by atoms with Crippen LogP contribution in [0, 0.1) is 0 Å². The van der Waals surface area contributed by atoms with Crippen LogP contribution >= 0.6 is 0 Å². The van der Waals surface area contributed by atoms with E-state index in [-0.39, 0.29) is 11.9 Å². The fraction of sp³-hybridized carbons (Fsp3) is 0.529. The van der Waals surface area contributed by atoms with Crippen LogP contribution in [0.2, 0.25) is 0 Å². The maximum absolute atomic E-state index is 12.1. The molecule has 8 heteroatoms. The minimum Gasteiger partial charge on any atom is -0.454 e. The third-order valence-electron chi connectivity index (χ3n) is 4.96. The Labute approximate surface area is 147 Å². The molecule has 0 spiro atoms. The summed E-state index contributed by atoms with van der Waals surface area (Å²) < 4.78 is 10.8. The normalized spacial score (nSPS) is 23.0. The van der Waals surface area contributed by atoms with E-state index in [9.17, 15) is 9.59 Å². The van der Waals surface area contributed by atoms with Crippen LogP contribution in [0.15, 0.2) is 18.2 Å². The minimum atomic E-state index is -0.455. The molecule has 0 bridgehead atoms. The van der Waals surface area contributed by atoms with Gasteiger partial charge in [0.15, 0.2) is 17.5 Å². The molecule has 1 atom stereocenters. The van der Waals surface area contributed by atoms with Crippen molar-refractivity contribution in [1.82, 2.24) is 10.6 Å². The molecule has 8 nitrogen and oxygen atoms in total. The van der Waals surface area contributed by atoms with Crippen LogP contribution in [-0.4, -0.2) is 58.0 Å². The second-order valence-electron chi connectivity index (χ2n) is 6.56. The van der Waals surface area contributed by atoms with Gasteiger partial charge in [-0.25, -0.2) is 4.79 Å². The molecule has 0 radical (unpaired) electrons. The molecule has 2 heterocycles. The number of benzene rings is 1. The van der Waals surface area contributed by atoms with E-state index in [2.05, 4.69) is 16.7 Å². The maximum atomic E-state index is 12.1. The van der Waals surface area contributed by atoms with Gasteiger partial charge in [-0.15, -0.1) is 0 Å². The second-order valence-corrected chi connectivity index (χ2v) is 6.56. The van der Waals surface area contributed by atoms with Crippen molar-refractivity contribution in [2.45, 2.75) is 19.5 Å². The second kappa shape index (κ2) is 7.71. The first kappa shape index (κ1) is 17.5. The van der Waals surface area contributed by atoms with Crippen LogP contribution in [-0.2, 0) is 11.3 Å². The van der Waals surface area contributed by atoms with Crippen molar-refractivity contribution in [2.24, 2.45) is 0 Å². The molecule has 1 fully saturated rings. The first-order valence-corrected chi connectivity index (χ1v) is 8.66. The number of nitrogens with one attached hydrogen (secondary N) is 4. The zero-order valence-electron chi connectivity index (χ0n) is 14.7. The summed E-state index contributed by atoms with van der Waals surface area (Å²) >= 11 is 0. The number of hydrogen-bond acceptors (Lipinski definition) is 4. The van der Waals surface area contributed by atoms with Crippen LogP contribution in [0.1, 0.15) is 12.5 Å². The van der Waals surface area contributed by atoms with Crippen LogP contribution in [0.25, 0.3) is 0 Å². The zero-order chi connectivity index (χ0) is 17.8. The lowest BCUT2D eigenvalue weighted by Crippen LogP contribution is -3.29. The summed E-state index contributed by atoms with van der Waals surface area (Å²) in [7, 11) is 1.50. The number of amides is 3. The van der Waals surface area contributed by atoms with Crippen molar-refractivity contribution in [3.05, 3.63) is 23.8 Å². The van der Waals surface area contributed by atoms with E-state index < -0.39 is 6.03 Å². The van der Waals surface area contributed by atoms with E-state index in [4.69, 9.17) is 9.47 Å². The van der Waals surface area contributed by atoms with Crippen LogP contribution in [0.3, 0.4) is 0 Å². The van der Waals surface area contributed by atoms with Gasteiger partial charge >= 0.3 is 6.03 Å². The van der Waals surface area contributed by atoms with E-state index in [0.29, 0.717) is 6.79 Å². The molecule has 1 aromatic carbocycles. The quantitative estimate of drug-likeness (QED) is 0.485. The van der Waals surface area contributed by atoms with Gasteiger partial charge in [-0.05, 0) is 25.1 Å². The Morgan fingerprint density at radius 3 is 2.60 bits per heavy atom. The van der Waals surface area contributed by atoms with Gasteiger partial charge in [-0.3, -0.25) is 10.1 Å². The molecular weight excluding hydrogens is 324 g/mol. The Balaban J connectivity index is 1.48. The molecule has 4 N–H and O–H groups in total. The predicted molar refractivity (Wildman–Crippen MR) is 89.7 cm³/mol. The van der Waals surface area contributed by atoms with Crippen molar-refractivity contribution < 1.29 is 28.9 Å². The molecule has 3 rings (SSSR count). The number of fused-ring (bicyclic) bond motifs is 1. The molecule has 3 amide bonds. The summed E-state index contributed by atoms with van der Waals surface area (Å²) in [5, 5.41) is 4.76. The average Bonchev–Trinajstić information content (AvgIpc) is 3.09. The molecule has 1 saturated heterocycles. The van der Waals surface area contributed by atoms with E-state index in [1.807, 2.05) is 19.1 Å². The Bertz CT molecular complexity index is 644. The highest BCUT2D eigenvalue weighted by Crippen LogP contribution is 2.32. The van der Waals surface area contributed by atoms with Crippen LogP contribution in [0.4, 0.5) is 4.79 Å². The van der Waals surface area contributed by atoms with E-state index in [1.54, 1.807) is 0 Å². The monoisotopic (exact) mass is 350 g/mol. The van der Waals surface area contributed by atoms with Crippen molar-refractivity contribution in [3.63, 3.8) is 0 Å². The lowest BCUT2D eigenvalue weighted by molar-refractivity contribution is -1.02. The van der Waals surface area contributed by atoms with Gasteiger partial charge in [0.25, 0.3) is 5.91 Å². The van der Waals surface area contributed by atoms with Gasteiger partial charge in [-0.2, -0.15) is 0 Å². The van der Waals surface area contributed by atoms with Crippen molar-refractivity contribution in [1.29, 1.82) is 0 Å². The highest BCUT2D eigenvalue weighted by atomic mass is 16.7. The van der Waals surface area contributed by atoms with E-state index >= 15 is 0 Å². The zero-order valence-corrected chi connectivity index (χ0v) is 14.7. The third-order valence-corrected chi connectivity index (χ3v) is 4.96. The van der Waals surface area contributed by atoms with Crippen LogP contribution in [0.5, 0.6) is 11.5 Å². The van der Waals surface area contributed by atoms with Crippen LogP contribution < -0.4 is 29.9 Å². The number of quaternary nitrogens is 2. The summed E-state index contributed by atoms with van der Waals surface area (Å²) in [6.45, 7) is 6.88. The predicted octanol–water partition coefficient (Wildman–Crippen LogP) is -2.46. The number of hydrogen-bond donors (Lipinski definition) is 4. The van der Waals surface area contributed by atoms with Crippen molar-refractivity contribution >= 4 is 11.9 Å². The van der Waals surface area contributed by atoms with Gasteiger partial charge in [0, 0.05) is 12.6 Å². The fourth-order valence-corrected chi connectivity index (χ4v) is 3.34. The van der Waals surface area contributed by atoms with Gasteiger partial charge in [0.05, 0.1) is 0 Å². The summed E-state index contributed by atoms with van der Waals surface area (Å²) in [6, 6.07) is 5.41. The molecular formula is C17H26N4O4+2. The highest BCUT2D eigenvalue weighted by Gasteiger charge is 2.31. The molecule has 25 heavy (non-hydrogen) atoms. The molecule has 0 aliphatic carbocycles. The minimum absolute atomic E-state index is 0.228. The maximum Gasteiger partial charge on any atom is 0.321 e.